The van der Waals surface area contributed by atoms with E-state index in [1.54, 1.807) is 42.5 Å². The molecule has 32 heavy (non-hydrogen) atoms. The van der Waals surface area contributed by atoms with Crippen molar-refractivity contribution in [2.24, 2.45) is 0 Å². The van der Waals surface area contributed by atoms with E-state index in [4.69, 9.17) is 4.74 Å². The maximum atomic E-state index is 12.5. The van der Waals surface area contributed by atoms with Crippen molar-refractivity contribution in [3.63, 3.8) is 0 Å². The number of anilines is 1. The number of esters is 2. The molecular formula is C23H24N2O6S. The zero-order chi connectivity index (χ0) is 22.9. The molecule has 0 bridgehead atoms. The minimum atomic E-state index is -0.653. The van der Waals surface area contributed by atoms with E-state index in [1.807, 2.05) is 4.90 Å². The molecule has 3 rings (SSSR count). The SMILES string of the molecule is COC(=O)c1cccc(NC(=O)COC(=O)c2ccccc2SCC(=O)N2CCCC2)c1. The third-order valence-electron chi connectivity index (χ3n) is 4.82. The largest absolute Gasteiger partial charge is 0.465 e. The summed E-state index contributed by atoms with van der Waals surface area (Å²) in [4.78, 5) is 51.0. The number of methoxy groups -OCH3 is 1. The minimum absolute atomic E-state index is 0.0456. The molecule has 0 aliphatic carbocycles. The molecule has 168 valence electrons. The van der Waals surface area contributed by atoms with Crippen LogP contribution in [0.2, 0.25) is 0 Å². The number of rotatable bonds is 8. The maximum Gasteiger partial charge on any atom is 0.339 e. The van der Waals surface area contributed by atoms with Crippen molar-refractivity contribution >= 4 is 41.2 Å². The van der Waals surface area contributed by atoms with Gasteiger partial charge in [0.25, 0.3) is 5.91 Å². The summed E-state index contributed by atoms with van der Waals surface area (Å²) >= 11 is 1.28. The fraction of sp³-hybridized carbons (Fsp3) is 0.304. The average molecular weight is 457 g/mol. The number of likely N-dealkylation sites (tertiary alicyclic amines) is 1. The van der Waals surface area contributed by atoms with E-state index < -0.39 is 24.5 Å². The first-order chi connectivity index (χ1) is 15.5. The van der Waals surface area contributed by atoms with Crippen LogP contribution in [0.5, 0.6) is 0 Å². The molecule has 0 radical (unpaired) electrons. The quantitative estimate of drug-likeness (QED) is 0.481. The van der Waals surface area contributed by atoms with Gasteiger partial charge < -0.3 is 19.7 Å². The van der Waals surface area contributed by atoms with Crippen LogP contribution in [0.3, 0.4) is 0 Å². The molecule has 2 aromatic rings. The number of hydrogen-bond donors (Lipinski definition) is 1. The van der Waals surface area contributed by atoms with Crippen LogP contribution in [-0.4, -0.2) is 61.2 Å². The van der Waals surface area contributed by atoms with Crippen LogP contribution in [0.1, 0.15) is 33.6 Å². The molecule has 1 saturated heterocycles. The third-order valence-corrected chi connectivity index (χ3v) is 5.88. The van der Waals surface area contributed by atoms with Gasteiger partial charge in [0.15, 0.2) is 6.61 Å². The zero-order valence-corrected chi connectivity index (χ0v) is 18.5. The molecule has 0 unspecified atom stereocenters. The Morgan fingerprint density at radius 1 is 1.00 bits per heavy atom. The second kappa shape index (κ2) is 11.3. The van der Waals surface area contributed by atoms with Gasteiger partial charge in [-0.05, 0) is 43.2 Å². The summed E-state index contributed by atoms with van der Waals surface area (Å²) in [5, 5.41) is 2.57. The van der Waals surface area contributed by atoms with E-state index in [2.05, 4.69) is 10.1 Å². The molecule has 2 aromatic carbocycles. The summed E-state index contributed by atoms with van der Waals surface area (Å²) in [7, 11) is 1.27. The van der Waals surface area contributed by atoms with Gasteiger partial charge in [0.2, 0.25) is 5.91 Å². The number of hydrogen-bond acceptors (Lipinski definition) is 7. The van der Waals surface area contributed by atoms with Crippen molar-refractivity contribution in [3.8, 4) is 0 Å². The molecule has 0 atom stereocenters. The van der Waals surface area contributed by atoms with Crippen molar-refractivity contribution in [2.75, 3.05) is 37.9 Å². The van der Waals surface area contributed by atoms with Gasteiger partial charge in [-0.1, -0.05) is 18.2 Å². The highest BCUT2D eigenvalue weighted by atomic mass is 32.2. The Morgan fingerprint density at radius 2 is 1.75 bits per heavy atom. The summed E-state index contributed by atoms with van der Waals surface area (Å²) in [6.07, 6.45) is 2.04. The first kappa shape index (κ1) is 23.3. The number of benzene rings is 2. The standard InChI is InChI=1S/C23H24N2O6S/c1-30-22(28)16-7-6-8-17(13-16)24-20(26)14-31-23(29)18-9-2-3-10-19(18)32-15-21(27)25-11-4-5-12-25/h2-3,6-10,13H,4-5,11-12,14-15H2,1H3,(H,24,26). The van der Waals surface area contributed by atoms with Crippen LogP contribution in [0, 0.1) is 0 Å². The normalized spacial score (nSPS) is 12.8. The van der Waals surface area contributed by atoms with Gasteiger partial charge in [-0.15, -0.1) is 11.8 Å². The van der Waals surface area contributed by atoms with Crippen LogP contribution in [0.4, 0.5) is 5.69 Å². The number of carbonyl (C=O) groups is 4. The number of nitrogens with one attached hydrogen (secondary N) is 1. The number of thioether (sulfide) groups is 1. The van der Waals surface area contributed by atoms with Gasteiger partial charge in [-0.3, -0.25) is 9.59 Å². The van der Waals surface area contributed by atoms with E-state index in [-0.39, 0.29) is 17.2 Å². The summed E-state index contributed by atoms with van der Waals surface area (Å²) < 4.78 is 9.81. The Labute approximate surface area is 190 Å². The molecule has 0 saturated carbocycles. The van der Waals surface area contributed by atoms with Crippen molar-refractivity contribution < 1.29 is 28.7 Å². The molecule has 9 heteroatoms. The highest BCUT2D eigenvalue weighted by Crippen LogP contribution is 2.24. The Hall–Kier alpha value is -3.33. The predicted molar refractivity (Wildman–Crippen MR) is 120 cm³/mol. The molecule has 1 fully saturated rings. The second-order valence-corrected chi connectivity index (χ2v) is 8.09. The van der Waals surface area contributed by atoms with Crippen molar-refractivity contribution in [3.05, 3.63) is 59.7 Å². The van der Waals surface area contributed by atoms with E-state index >= 15 is 0 Å². The van der Waals surface area contributed by atoms with Crippen molar-refractivity contribution in [1.29, 1.82) is 0 Å². The lowest BCUT2D eigenvalue weighted by Gasteiger charge is -2.15. The molecule has 0 aromatic heterocycles. The van der Waals surface area contributed by atoms with E-state index in [1.165, 1.54) is 24.9 Å². The first-order valence-corrected chi connectivity index (χ1v) is 11.1. The third kappa shape index (κ3) is 6.34. The predicted octanol–water partition coefficient (Wildman–Crippen LogP) is 2.98. The smallest absolute Gasteiger partial charge is 0.339 e. The minimum Gasteiger partial charge on any atom is -0.465 e. The highest BCUT2D eigenvalue weighted by molar-refractivity contribution is 8.00. The fourth-order valence-corrected chi connectivity index (χ4v) is 4.15. The second-order valence-electron chi connectivity index (χ2n) is 7.07. The summed E-state index contributed by atoms with van der Waals surface area (Å²) in [5.74, 6) is -1.44. The molecule has 1 aliphatic heterocycles. The lowest BCUT2D eigenvalue weighted by molar-refractivity contribution is -0.127. The molecule has 8 nitrogen and oxygen atoms in total. The van der Waals surface area contributed by atoms with Gasteiger partial charge in [-0.2, -0.15) is 0 Å². The van der Waals surface area contributed by atoms with Crippen LogP contribution in [-0.2, 0) is 19.1 Å². The van der Waals surface area contributed by atoms with E-state index in [0.717, 1.165) is 25.9 Å². The molecule has 1 aliphatic rings. The molecular weight excluding hydrogens is 432 g/mol. The molecule has 1 heterocycles. The van der Waals surface area contributed by atoms with Gasteiger partial charge in [-0.25, -0.2) is 9.59 Å². The highest BCUT2D eigenvalue weighted by Gasteiger charge is 2.20. The molecule has 0 spiro atoms. The monoisotopic (exact) mass is 456 g/mol. The fourth-order valence-electron chi connectivity index (χ4n) is 3.21. The zero-order valence-electron chi connectivity index (χ0n) is 17.7. The Bertz CT molecular complexity index is 1000. The molecule has 2 amide bonds. The number of carbonyl (C=O) groups excluding carboxylic acids is 4. The average Bonchev–Trinajstić information content (AvgIpc) is 3.36. The first-order valence-electron chi connectivity index (χ1n) is 10.1. The van der Waals surface area contributed by atoms with E-state index in [9.17, 15) is 19.2 Å². The number of ether oxygens (including phenoxy) is 2. The lowest BCUT2D eigenvalue weighted by atomic mass is 10.2. The van der Waals surface area contributed by atoms with Crippen molar-refractivity contribution in [1.82, 2.24) is 4.90 Å². The maximum absolute atomic E-state index is 12.5. The summed E-state index contributed by atoms with van der Waals surface area (Å²) in [5.41, 5.74) is 0.967. The van der Waals surface area contributed by atoms with Gasteiger partial charge in [0.05, 0.1) is 24.0 Å². The van der Waals surface area contributed by atoms with Crippen LogP contribution in [0.25, 0.3) is 0 Å². The van der Waals surface area contributed by atoms with Gasteiger partial charge in [0, 0.05) is 23.7 Å². The Kier molecular flexibility index (Phi) is 8.27. The van der Waals surface area contributed by atoms with Gasteiger partial charge in [0.1, 0.15) is 0 Å². The van der Waals surface area contributed by atoms with Gasteiger partial charge >= 0.3 is 11.9 Å². The van der Waals surface area contributed by atoms with Crippen molar-refractivity contribution in [2.45, 2.75) is 17.7 Å². The van der Waals surface area contributed by atoms with E-state index in [0.29, 0.717) is 16.1 Å². The Morgan fingerprint density at radius 3 is 2.50 bits per heavy atom. The summed E-state index contributed by atoms with van der Waals surface area (Å²) in [6, 6.07) is 13.1. The molecule has 1 N–H and O–H groups in total. The van der Waals surface area contributed by atoms with Crippen LogP contribution in [0.15, 0.2) is 53.4 Å². The topological polar surface area (TPSA) is 102 Å². The summed E-state index contributed by atoms with van der Waals surface area (Å²) in [6.45, 7) is 1.06. The number of nitrogens with zero attached hydrogens (tertiary/aromatic N) is 1. The lowest BCUT2D eigenvalue weighted by Crippen LogP contribution is -2.29. The van der Waals surface area contributed by atoms with Crippen LogP contribution < -0.4 is 5.32 Å². The van der Waals surface area contributed by atoms with Crippen LogP contribution >= 0.6 is 11.8 Å². The Balaban J connectivity index is 1.54. The number of amides is 2.